The molecule has 0 aliphatic heterocycles. The summed E-state index contributed by atoms with van der Waals surface area (Å²) in [5.41, 5.74) is -2.32. The SMILES string of the molecule is CCc1cc(C(C)(C)C)c(O)c2c1C[C@H]1C[C@H]3[C@H](N(C)C)C(O)=C(C(=O)NC(C)(C)C)C(=O)[C@@]3(O)C(O)=C1C2=O. The van der Waals surface area contributed by atoms with Gasteiger partial charge in [0.05, 0.1) is 11.6 Å². The van der Waals surface area contributed by atoms with Crippen LogP contribution in [-0.2, 0) is 27.8 Å². The van der Waals surface area contributed by atoms with Crippen LogP contribution in [0.15, 0.2) is 28.7 Å². The topological polar surface area (TPSA) is 147 Å². The Hall–Kier alpha value is -3.17. The van der Waals surface area contributed by atoms with Crippen LogP contribution in [0.1, 0.15) is 81.9 Å². The van der Waals surface area contributed by atoms with Gasteiger partial charge >= 0.3 is 0 Å². The number of aryl methyl sites for hydroxylation is 1. The molecule has 5 N–H and O–H groups in total. The van der Waals surface area contributed by atoms with Crippen LogP contribution in [0.3, 0.4) is 0 Å². The van der Waals surface area contributed by atoms with Crippen LogP contribution in [0.5, 0.6) is 5.75 Å². The molecular weight excluding hydrogens is 512 g/mol. The highest BCUT2D eigenvalue weighted by atomic mass is 16.3. The molecule has 0 bridgehead atoms. The fraction of sp³-hybridized carbons (Fsp3) is 0.581. The van der Waals surface area contributed by atoms with Crippen LogP contribution in [-0.4, -0.2) is 74.1 Å². The third-order valence-corrected chi connectivity index (χ3v) is 8.47. The van der Waals surface area contributed by atoms with Crippen molar-refractivity contribution in [3.63, 3.8) is 0 Å². The summed E-state index contributed by atoms with van der Waals surface area (Å²) in [5.74, 6) is -5.72. The molecule has 0 heterocycles. The minimum Gasteiger partial charge on any atom is -0.510 e. The standard InChI is InChI=1S/C31H42N2O7/c1-10-14-12-18(29(2,3)4)23(34)20-16(14)11-15-13-17-22(33(8)9)25(36)21(28(39)32-30(5,6)7)27(38)31(17,40)26(37)19(15)24(20)35/h12,15,17,22,34,36-37,40H,10-11,13H2,1-9H3,(H,32,39)/t15-,17-,22-,31-/m0/s1. The zero-order chi connectivity index (χ0) is 30.3. The molecule has 9 heteroatoms. The van der Waals surface area contributed by atoms with Crippen molar-refractivity contribution in [3.05, 3.63) is 51.0 Å². The molecule has 4 rings (SSSR count). The number of likely N-dealkylation sites (N-methyl/N-ethyl adjacent to an activating group) is 1. The highest BCUT2D eigenvalue weighted by molar-refractivity contribution is 6.25. The van der Waals surface area contributed by atoms with Gasteiger partial charge in [-0.15, -0.1) is 0 Å². The first-order valence-corrected chi connectivity index (χ1v) is 13.8. The number of fused-ring (bicyclic) bond motifs is 3. The van der Waals surface area contributed by atoms with Gasteiger partial charge in [-0.25, -0.2) is 0 Å². The summed E-state index contributed by atoms with van der Waals surface area (Å²) >= 11 is 0. The first-order chi connectivity index (χ1) is 18.3. The van der Waals surface area contributed by atoms with Crippen LogP contribution in [0.2, 0.25) is 0 Å². The third kappa shape index (κ3) is 4.34. The maximum absolute atomic E-state index is 14.1. The second-order valence-corrected chi connectivity index (χ2v) is 13.7. The molecule has 1 aromatic carbocycles. The minimum atomic E-state index is -2.62. The highest BCUT2D eigenvalue weighted by Crippen LogP contribution is 2.53. The van der Waals surface area contributed by atoms with Gasteiger partial charge in [0, 0.05) is 22.6 Å². The molecule has 0 saturated carbocycles. The number of phenolic OH excluding ortho intramolecular Hbond substituents is 1. The van der Waals surface area contributed by atoms with E-state index in [1.807, 2.05) is 33.8 Å². The number of benzene rings is 1. The van der Waals surface area contributed by atoms with Crippen molar-refractivity contribution in [2.45, 2.75) is 90.3 Å². The fourth-order valence-corrected chi connectivity index (χ4v) is 6.67. The Balaban J connectivity index is 1.96. The van der Waals surface area contributed by atoms with Gasteiger partial charge in [0.25, 0.3) is 5.91 Å². The molecule has 218 valence electrons. The zero-order valence-corrected chi connectivity index (χ0v) is 24.9. The Morgan fingerprint density at radius 2 is 1.70 bits per heavy atom. The Bertz CT molecular complexity index is 1370. The summed E-state index contributed by atoms with van der Waals surface area (Å²) < 4.78 is 0. The number of aliphatic hydroxyl groups is 3. The van der Waals surface area contributed by atoms with Crippen LogP contribution < -0.4 is 5.32 Å². The maximum atomic E-state index is 14.1. The van der Waals surface area contributed by atoms with Gasteiger partial charge in [-0.1, -0.05) is 33.8 Å². The van der Waals surface area contributed by atoms with Crippen molar-refractivity contribution in [2.24, 2.45) is 11.8 Å². The van der Waals surface area contributed by atoms with Crippen molar-refractivity contribution in [1.82, 2.24) is 10.2 Å². The number of amides is 1. The number of allylic oxidation sites excluding steroid dienone is 1. The average Bonchev–Trinajstić information content (AvgIpc) is 2.79. The number of nitrogens with zero attached hydrogens (tertiary/aromatic N) is 1. The lowest BCUT2D eigenvalue weighted by Crippen LogP contribution is -2.64. The molecule has 9 nitrogen and oxygen atoms in total. The molecule has 0 unspecified atom stereocenters. The molecule has 0 fully saturated rings. The van der Waals surface area contributed by atoms with E-state index in [0.717, 1.165) is 5.56 Å². The Kier molecular flexibility index (Phi) is 7.04. The van der Waals surface area contributed by atoms with E-state index < -0.39 is 69.0 Å². The predicted octanol–water partition coefficient (Wildman–Crippen LogP) is 3.41. The summed E-state index contributed by atoms with van der Waals surface area (Å²) in [4.78, 5) is 42.8. The summed E-state index contributed by atoms with van der Waals surface area (Å²) in [6, 6.07) is 0.947. The summed E-state index contributed by atoms with van der Waals surface area (Å²) in [6.45, 7) is 12.9. The zero-order valence-electron chi connectivity index (χ0n) is 24.9. The lowest BCUT2D eigenvalue weighted by Gasteiger charge is -2.50. The predicted molar refractivity (Wildman–Crippen MR) is 150 cm³/mol. The third-order valence-electron chi connectivity index (χ3n) is 8.47. The number of ketones is 2. The van der Waals surface area contributed by atoms with E-state index in [4.69, 9.17) is 0 Å². The van der Waals surface area contributed by atoms with Crippen LogP contribution in [0, 0.1) is 11.8 Å². The van der Waals surface area contributed by atoms with Crippen molar-refractivity contribution in [1.29, 1.82) is 0 Å². The van der Waals surface area contributed by atoms with E-state index in [9.17, 15) is 34.8 Å². The van der Waals surface area contributed by atoms with E-state index >= 15 is 0 Å². The van der Waals surface area contributed by atoms with Gasteiger partial charge in [0.1, 0.15) is 22.8 Å². The molecule has 0 aromatic heterocycles. The molecule has 0 spiro atoms. The van der Waals surface area contributed by atoms with Gasteiger partial charge in [-0.3, -0.25) is 19.3 Å². The molecule has 3 aliphatic carbocycles. The number of Topliss-reactive ketones (excluding diaryl/α,β-unsaturated/α-hetero) is 2. The van der Waals surface area contributed by atoms with E-state index in [1.165, 1.54) is 0 Å². The van der Waals surface area contributed by atoms with Gasteiger partial charge in [-0.05, 0) is 76.6 Å². The Morgan fingerprint density at radius 1 is 1.10 bits per heavy atom. The van der Waals surface area contributed by atoms with Crippen molar-refractivity contribution in [3.8, 4) is 5.75 Å². The number of nitrogens with one attached hydrogen (secondary N) is 1. The Labute approximate surface area is 235 Å². The first-order valence-electron chi connectivity index (χ1n) is 13.8. The molecule has 40 heavy (non-hydrogen) atoms. The molecule has 1 aromatic rings. The van der Waals surface area contributed by atoms with Crippen LogP contribution in [0.25, 0.3) is 0 Å². The maximum Gasteiger partial charge on any atom is 0.258 e. The number of rotatable bonds is 3. The number of hydrogen-bond acceptors (Lipinski definition) is 8. The number of aromatic hydroxyl groups is 1. The number of hydrogen-bond donors (Lipinski definition) is 5. The fourth-order valence-electron chi connectivity index (χ4n) is 6.67. The quantitative estimate of drug-likeness (QED) is 0.357. The lowest BCUT2D eigenvalue weighted by atomic mass is 9.58. The molecule has 0 radical (unpaired) electrons. The summed E-state index contributed by atoms with van der Waals surface area (Å²) in [5, 5.41) is 48.9. The molecular formula is C31H42N2O7. The second kappa shape index (κ2) is 9.45. The number of aliphatic hydroxyl groups excluding tert-OH is 2. The number of phenols is 1. The molecule has 1 amide bonds. The van der Waals surface area contributed by atoms with Crippen LogP contribution in [0.4, 0.5) is 0 Å². The van der Waals surface area contributed by atoms with E-state index in [0.29, 0.717) is 24.0 Å². The van der Waals surface area contributed by atoms with Crippen LogP contribution >= 0.6 is 0 Å². The van der Waals surface area contributed by atoms with Crippen molar-refractivity contribution >= 4 is 17.5 Å². The van der Waals surface area contributed by atoms with Gasteiger partial charge < -0.3 is 25.7 Å². The summed E-state index contributed by atoms with van der Waals surface area (Å²) in [6.07, 6.45) is 1.03. The van der Waals surface area contributed by atoms with E-state index in [2.05, 4.69) is 5.32 Å². The molecule has 3 aliphatic rings. The highest BCUT2D eigenvalue weighted by Gasteiger charge is 2.63. The lowest BCUT2D eigenvalue weighted by molar-refractivity contribution is -0.149. The minimum absolute atomic E-state index is 0.0839. The first kappa shape index (κ1) is 29.8. The van der Waals surface area contributed by atoms with Crippen molar-refractivity contribution in [2.75, 3.05) is 14.1 Å². The molecule has 4 atom stereocenters. The van der Waals surface area contributed by atoms with Gasteiger partial charge in [-0.2, -0.15) is 0 Å². The largest absolute Gasteiger partial charge is 0.510 e. The van der Waals surface area contributed by atoms with Gasteiger partial charge in [0.15, 0.2) is 11.4 Å². The summed E-state index contributed by atoms with van der Waals surface area (Å²) in [7, 11) is 3.30. The number of carbonyl (C=O) groups excluding carboxylic acids is 3. The number of carbonyl (C=O) groups is 3. The van der Waals surface area contributed by atoms with Gasteiger partial charge in [0.2, 0.25) is 5.78 Å². The smallest absolute Gasteiger partial charge is 0.258 e. The second-order valence-electron chi connectivity index (χ2n) is 13.7. The van der Waals surface area contributed by atoms with E-state index in [-0.39, 0.29) is 23.3 Å². The molecule has 0 saturated heterocycles. The average molecular weight is 555 g/mol. The monoisotopic (exact) mass is 554 g/mol. The van der Waals surface area contributed by atoms with Crippen molar-refractivity contribution < 1.29 is 34.8 Å². The van der Waals surface area contributed by atoms with E-state index in [1.54, 1.807) is 39.8 Å². The Morgan fingerprint density at radius 3 is 2.20 bits per heavy atom. The normalized spacial score (nSPS) is 27.0.